The molecule has 0 aliphatic rings. The number of amides is 2. The molecule has 0 aliphatic heterocycles. The zero-order chi connectivity index (χ0) is 17.8. The Balaban J connectivity index is 2.13. The second-order valence-electron chi connectivity index (χ2n) is 5.35. The van der Waals surface area contributed by atoms with E-state index in [1.165, 1.54) is 0 Å². The number of nitrogens with one attached hydrogen (secondary N) is 1. The highest BCUT2D eigenvalue weighted by Gasteiger charge is 2.09. The molecule has 1 N–H and O–H groups in total. The summed E-state index contributed by atoms with van der Waals surface area (Å²) in [7, 11) is 0. The molecule has 0 radical (unpaired) electrons. The number of allylic oxidation sites excluding steroid dienone is 1. The van der Waals surface area contributed by atoms with Gasteiger partial charge in [-0.2, -0.15) is 8.78 Å². The van der Waals surface area contributed by atoms with Crippen molar-refractivity contribution in [1.82, 2.24) is 5.32 Å². The van der Waals surface area contributed by atoms with Gasteiger partial charge in [-0.3, -0.25) is 14.9 Å². The van der Waals surface area contributed by atoms with Gasteiger partial charge in [-0.15, -0.1) is 0 Å². The largest absolute Gasteiger partial charge is 0.484 e. The Hall–Kier alpha value is -2.24. The third kappa shape index (κ3) is 8.41. The molecule has 24 heavy (non-hydrogen) atoms. The first kappa shape index (κ1) is 19.8. The quantitative estimate of drug-likeness (QED) is 0.649. The Morgan fingerprint density at radius 1 is 1.00 bits per heavy atom. The van der Waals surface area contributed by atoms with Gasteiger partial charge in [-0.25, -0.2) is 0 Å². The van der Waals surface area contributed by atoms with E-state index in [-0.39, 0.29) is 24.5 Å². The third-order valence-electron chi connectivity index (χ3n) is 3.47. The van der Waals surface area contributed by atoms with Gasteiger partial charge in [0.15, 0.2) is 6.61 Å². The molecule has 0 fully saturated rings. The van der Waals surface area contributed by atoms with E-state index >= 15 is 0 Å². The number of imide groups is 1. The molecule has 4 nitrogen and oxygen atoms in total. The minimum Gasteiger partial charge on any atom is -0.484 e. The molecule has 132 valence electrons. The lowest BCUT2D eigenvalue weighted by Crippen LogP contribution is -2.34. The molecule has 0 aliphatic carbocycles. The van der Waals surface area contributed by atoms with E-state index in [4.69, 9.17) is 4.74 Å². The van der Waals surface area contributed by atoms with Crippen LogP contribution in [0.5, 0.6) is 5.75 Å². The SMILES string of the molecule is CCC(CCCCCC(=O)NC(=O)COc1ccccc1)=C(F)F. The van der Waals surface area contributed by atoms with Crippen LogP contribution in [0, 0.1) is 0 Å². The minimum absolute atomic E-state index is 0.174. The summed E-state index contributed by atoms with van der Waals surface area (Å²) >= 11 is 0. The summed E-state index contributed by atoms with van der Waals surface area (Å²) in [6.45, 7) is 1.47. The standard InChI is InChI=1S/C18H23F2NO3/c1-2-14(18(19)20)9-5-3-8-12-16(22)21-17(23)13-24-15-10-6-4-7-11-15/h4,6-7,10-11H,2-3,5,8-9,12-13H2,1H3,(H,21,22,23). The Kier molecular flexibility index (Phi) is 9.34. The molecule has 1 aromatic carbocycles. The Labute approximate surface area is 140 Å². The van der Waals surface area contributed by atoms with Crippen molar-refractivity contribution in [2.45, 2.75) is 45.4 Å². The van der Waals surface area contributed by atoms with Gasteiger partial charge in [-0.1, -0.05) is 31.5 Å². The number of hydrogen-bond acceptors (Lipinski definition) is 3. The summed E-state index contributed by atoms with van der Waals surface area (Å²) in [5.41, 5.74) is 0.174. The molecule has 0 spiro atoms. The summed E-state index contributed by atoms with van der Waals surface area (Å²) in [5, 5.41) is 2.25. The van der Waals surface area contributed by atoms with Gasteiger partial charge in [0.25, 0.3) is 12.0 Å². The molecule has 6 heteroatoms. The van der Waals surface area contributed by atoms with Crippen LogP contribution in [-0.4, -0.2) is 18.4 Å². The number of hydrogen-bond donors (Lipinski definition) is 1. The fourth-order valence-electron chi connectivity index (χ4n) is 2.13. The number of unbranched alkanes of at least 4 members (excludes halogenated alkanes) is 2. The van der Waals surface area contributed by atoms with Gasteiger partial charge in [0.05, 0.1) is 0 Å². The van der Waals surface area contributed by atoms with E-state index in [0.717, 1.165) is 0 Å². The molecule has 0 heterocycles. The number of halogens is 2. The van der Waals surface area contributed by atoms with Crippen LogP contribution in [-0.2, 0) is 9.59 Å². The Bertz CT molecular complexity index is 555. The summed E-state index contributed by atoms with van der Waals surface area (Å²) < 4.78 is 30.1. The minimum atomic E-state index is -1.60. The van der Waals surface area contributed by atoms with Gasteiger partial charge in [0.2, 0.25) is 5.91 Å². The van der Waals surface area contributed by atoms with Crippen LogP contribution >= 0.6 is 0 Å². The second-order valence-corrected chi connectivity index (χ2v) is 5.35. The van der Waals surface area contributed by atoms with Gasteiger partial charge < -0.3 is 4.74 Å². The van der Waals surface area contributed by atoms with Crippen LogP contribution in [0.15, 0.2) is 42.0 Å². The number of para-hydroxylation sites is 1. The lowest BCUT2D eigenvalue weighted by atomic mass is 10.1. The highest BCUT2D eigenvalue weighted by molar-refractivity contribution is 5.95. The average Bonchev–Trinajstić information content (AvgIpc) is 2.56. The van der Waals surface area contributed by atoms with Crippen LogP contribution in [0.25, 0.3) is 0 Å². The first-order chi connectivity index (χ1) is 11.5. The zero-order valence-corrected chi connectivity index (χ0v) is 13.8. The monoisotopic (exact) mass is 339 g/mol. The maximum atomic E-state index is 12.4. The highest BCUT2D eigenvalue weighted by Crippen LogP contribution is 2.19. The summed E-state index contributed by atoms with van der Waals surface area (Å²) in [4.78, 5) is 23.2. The van der Waals surface area contributed by atoms with E-state index < -0.39 is 12.0 Å². The van der Waals surface area contributed by atoms with Crippen molar-refractivity contribution in [1.29, 1.82) is 0 Å². The molecule has 0 saturated carbocycles. The molecule has 0 saturated heterocycles. The van der Waals surface area contributed by atoms with Gasteiger partial charge in [-0.05, 0) is 43.4 Å². The molecular formula is C18H23F2NO3. The average molecular weight is 339 g/mol. The van der Waals surface area contributed by atoms with E-state index in [0.29, 0.717) is 37.9 Å². The fraction of sp³-hybridized carbons (Fsp3) is 0.444. The van der Waals surface area contributed by atoms with Crippen molar-refractivity contribution in [2.24, 2.45) is 0 Å². The Morgan fingerprint density at radius 2 is 1.67 bits per heavy atom. The maximum absolute atomic E-state index is 12.4. The highest BCUT2D eigenvalue weighted by atomic mass is 19.3. The predicted molar refractivity (Wildman–Crippen MR) is 87.7 cm³/mol. The summed E-state index contributed by atoms with van der Waals surface area (Å²) in [5.74, 6) is -0.320. The summed E-state index contributed by atoms with van der Waals surface area (Å²) in [6.07, 6.45) is 1.13. The topological polar surface area (TPSA) is 55.4 Å². The lowest BCUT2D eigenvalue weighted by molar-refractivity contribution is -0.131. The molecule has 0 aromatic heterocycles. The molecule has 2 amide bonds. The number of benzene rings is 1. The molecule has 0 atom stereocenters. The lowest BCUT2D eigenvalue weighted by Gasteiger charge is -2.07. The fourth-order valence-corrected chi connectivity index (χ4v) is 2.13. The Morgan fingerprint density at radius 3 is 2.29 bits per heavy atom. The van der Waals surface area contributed by atoms with E-state index in [9.17, 15) is 18.4 Å². The van der Waals surface area contributed by atoms with Crippen LogP contribution < -0.4 is 10.1 Å². The molecule has 1 aromatic rings. The van der Waals surface area contributed by atoms with E-state index in [2.05, 4.69) is 5.32 Å². The van der Waals surface area contributed by atoms with Crippen molar-refractivity contribution in [3.8, 4) is 5.75 Å². The van der Waals surface area contributed by atoms with Gasteiger partial charge >= 0.3 is 0 Å². The van der Waals surface area contributed by atoms with Crippen molar-refractivity contribution in [3.63, 3.8) is 0 Å². The number of ether oxygens (including phenoxy) is 1. The number of carbonyl (C=O) groups excluding carboxylic acids is 2. The van der Waals surface area contributed by atoms with Crippen molar-refractivity contribution in [3.05, 3.63) is 42.0 Å². The smallest absolute Gasteiger partial charge is 0.269 e. The van der Waals surface area contributed by atoms with Gasteiger partial charge in [0, 0.05) is 6.42 Å². The first-order valence-electron chi connectivity index (χ1n) is 8.06. The van der Waals surface area contributed by atoms with Crippen LogP contribution in [0.1, 0.15) is 45.4 Å². The van der Waals surface area contributed by atoms with E-state index in [1.54, 1.807) is 31.2 Å². The maximum Gasteiger partial charge on any atom is 0.269 e. The van der Waals surface area contributed by atoms with Crippen molar-refractivity contribution >= 4 is 11.8 Å². The second kappa shape index (κ2) is 11.3. The summed E-state index contributed by atoms with van der Waals surface area (Å²) in [6, 6.07) is 8.83. The van der Waals surface area contributed by atoms with Crippen molar-refractivity contribution in [2.75, 3.05) is 6.61 Å². The molecule has 0 bridgehead atoms. The molecule has 1 rings (SSSR count). The van der Waals surface area contributed by atoms with Crippen molar-refractivity contribution < 1.29 is 23.1 Å². The number of carbonyl (C=O) groups is 2. The number of rotatable bonds is 10. The molecule has 0 unspecified atom stereocenters. The van der Waals surface area contributed by atoms with Crippen LogP contribution in [0.4, 0.5) is 8.78 Å². The predicted octanol–water partition coefficient (Wildman–Crippen LogP) is 4.22. The van der Waals surface area contributed by atoms with Crippen LogP contribution in [0.2, 0.25) is 0 Å². The third-order valence-corrected chi connectivity index (χ3v) is 3.47. The van der Waals surface area contributed by atoms with E-state index in [1.807, 2.05) is 6.07 Å². The van der Waals surface area contributed by atoms with Gasteiger partial charge in [0.1, 0.15) is 5.75 Å². The zero-order valence-electron chi connectivity index (χ0n) is 13.8. The van der Waals surface area contributed by atoms with Crippen LogP contribution in [0.3, 0.4) is 0 Å². The molecular weight excluding hydrogens is 316 g/mol. The normalized spacial score (nSPS) is 10.1. The first-order valence-corrected chi connectivity index (χ1v) is 8.06.